The summed E-state index contributed by atoms with van der Waals surface area (Å²) in [5.41, 5.74) is 1.02. The molecule has 3 rings (SSSR count). The number of hydrogen-bond donors (Lipinski definition) is 1. The van der Waals surface area contributed by atoms with Gasteiger partial charge in [-0.2, -0.15) is 0 Å². The fourth-order valence-corrected chi connectivity index (χ4v) is 2.84. The summed E-state index contributed by atoms with van der Waals surface area (Å²) in [6.45, 7) is 1.83. The molecule has 0 aliphatic carbocycles. The standard InChI is InChI=1S/C19H18O6/c1-11-7-15(20)18(22)19(25-11)14(9-17(21)23-2)13-8-12-5-3-4-6-16(12)24-10-13/h3-8,14,22H,9-10H2,1-2H3/t14-/m0/s1. The fourth-order valence-electron chi connectivity index (χ4n) is 2.84. The lowest BCUT2D eigenvalue weighted by Gasteiger charge is -2.24. The van der Waals surface area contributed by atoms with E-state index in [1.54, 1.807) is 6.92 Å². The van der Waals surface area contributed by atoms with Gasteiger partial charge in [0.25, 0.3) is 0 Å². The van der Waals surface area contributed by atoms with Gasteiger partial charge >= 0.3 is 5.97 Å². The highest BCUT2D eigenvalue weighted by atomic mass is 16.5. The molecular formula is C19H18O6. The number of fused-ring (bicyclic) bond motifs is 1. The lowest BCUT2D eigenvalue weighted by Crippen LogP contribution is -2.19. The molecule has 1 aromatic heterocycles. The molecule has 6 heteroatoms. The molecule has 1 atom stereocenters. The van der Waals surface area contributed by atoms with Gasteiger partial charge in [0.1, 0.15) is 18.1 Å². The molecule has 6 nitrogen and oxygen atoms in total. The number of aryl methyl sites for hydroxylation is 1. The Morgan fingerprint density at radius 3 is 2.88 bits per heavy atom. The van der Waals surface area contributed by atoms with Crippen molar-refractivity contribution in [1.29, 1.82) is 0 Å². The molecule has 0 radical (unpaired) electrons. The van der Waals surface area contributed by atoms with E-state index in [1.165, 1.54) is 13.2 Å². The molecule has 0 bridgehead atoms. The van der Waals surface area contributed by atoms with E-state index in [0.29, 0.717) is 11.3 Å². The van der Waals surface area contributed by atoms with Gasteiger partial charge in [0.15, 0.2) is 5.76 Å². The predicted octanol–water partition coefficient (Wildman–Crippen LogP) is 2.78. The molecule has 1 aromatic carbocycles. The Morgan fingerprint density at radius 2 is 2.12 bits per heavy atom. The molecule has 0 spiro atoms. The Labute approximate surface area is 144 Å². The monoisotopic (exact) mass is 342 g/mol. The van der Waals surface area contributed by atoms with Crippen molar-refractivity contribution in [2.75, 3.05) is 13.7 Å². The highest BCUT2D eigenvalue weighted by Crippen LogP contribution is 2.37. The number of methoxy groups -OCH3 is 1. The predicted molar refractivity (Wildman–Crippen MR) is 90.7 cm³/mol. The summed E-state index contributed by atoms with van der Waals surface area (Å²) in [5.74, 6) is -0.506. The zero-order valence-electron chi connectivity index (χ0n) is 13.9. The maximum atomic E-state index is 11.9. The zero-order chi connectivity index (χ0) is 18.0. The van der Waals surface area contributed by atoms with Crippen molar-refractivity contribution in [2.24, 2.45) is 0 Å². The smallest absolute Gasteiger partial charge is 0.306 e. The van der Waals surface area contributed by atoms with Gasteiger partial charge in [-0.15, -0.1) is 0 Å². The lowest BCUT2D eigenvalue weighted by atomic mass is 9.89. The van der Waals surface area contributed by atoms with Crippen LogP contribution in [0.25, 0.3) is 6.08 Å². The number of para-hydroxylation sites is 1. The highest BCUT2D eigenvalue weighted by Gasteiger charge is 2.29. The molecule has 1 N–H and O–H groups in total. The number of carbonyl (C=O) groups is 1. The van der Waals surface area contributed by atoms with Crippen molar-refractivity contribution < 1.29 is 23.8 Å². The average Bonchev–Trinajstić information content (AvgIpc) is 2.62. The van der Waals surface area contributed by atoms with Crippen LogP contribution in [0.4, 0.5) is 0 Å². The molecule has 0 unspecified atom stereocenters. The summed E-state index contributed by atoms with van der Waals surface area (Å²) in [4.78, 5) is 23.8. The van der Waals surface area contributed by atoms with Crippen molar-refractivity contribution in [1.82, 2.24) is 0 Å². The summed E-state index contributed by atoms with van der Waals surface area (Å²) < 4.78 is 16.1. The molecule has 2 heterocycles. The number of hydrogen-bond acceptors (Lipinski definition) is 6. The summed E-state index contributed by atoms with van der Waals surface area (Å²) in [6.07, 6.45) is 1.81. The van der Waals surface area contributed by atoms with Crippen LogP contribution < -0.4 is 10.2 Å². The van der Waals surface area contributed by atoms with E-state index >= 15 is 0 Å². The van der Waals surface area contributed by atoms with E-state index < -0.39 is 23.1 Å². The van der Waals surface area contributed by atoms with Gasteiger partial charge in [-0.05, 0) is 24.6 Å². The van der Waals surface area contributed by atoms with E-state index in [2.05, 4.69) is 0 Å². The molecule has 0 saturated heterocycles. The van der Waals surface area contributed by atoms with Gasteiger partial charge in [-0.25, -0.2) is 0 Å². The Morgan fingerprint density at radius 1 is 1.36 bits per heavy atom. The van der Waals surface area contributed by atoms with Crippen LogP contribution in [0.15, 0.2) is 45.1 Å². The molecule has 2 aromatic rings. The minimum atomic E-state index is -0.659. The number of ether oxygens (including phenoxy) is 2. The number of carbonyl (C=O) groups excluding carboxylic acids is 1. The fraction of sp³-hybridized carbons (Fsp3) is 0.263. The lowest BCUT2D eigenvalue weighted by molar-refractivity contribution is -0.141. The van der Waals surface area contributed by atoms with Crippen LogP contribution in [0.1, 0.15) is 29.4 Å². The Hall–Kier alpha value is -3.02. The van der Waals surface area contributed by atoms with Crippen molar-refractivity contribution in [2.45, 2.75) is 19.3 Å². The van der Waals surface area contributed by atoms with Gasteiger partial charge in [0.05, 0.1) is 19.4 Å². The quantitative estimate of drug-likeness (QED) is 0.860. The van der Waals surface area contributed by atoms with Gasteiger partial charge in [0, 0.05) is 11.6 Å². The first-order valence-corrected chi connectivity index (χ1v) is 7.82. The summed E-state index contributed by atoms with van der Waals surface area (Å²) >= 11 is 0. The Kier molecular flexibility index (Phi) is 4.61. The SMILES string of the molecule is COC(=O)C[C@@H](C1=Cc2ccccc2OC1)c1oc(C)cc(=O)c1O. The van der Waals surface area contributed by atoms with Crippen molar-refractivity contribution in [3.63, 3.8) is 0 Å². The number of esters is 1. The second-order valence-corrected chi connectivity index (χ2v) is 5.81. The third-order valence-electron chi connectivity index (χ3n) is 4.09. The second-order valence-electron chi connectivity index (χ2n) is 5.81. The van der Waals surface area contributed by atoms with Crippen LogP contribution in [-0.2, 0) is 9.53 Å². The Balaban J connectivity index is 2.10. The first-order chi connectivity index (χ1) is 12.0. The number of benzene rings is 1. The highest BCUT2D eigenvalue weighted by molar-refractivity contribution is 5.73. The summed E-state index contributed by atoms with van der Waals surface area (Å²) in [7, 11) is 1.28. The average molecular weight is 342 g/mol. The van der Waals surface area contributed by atoms with E-state index in [-0.39, 0.29) is 18.8 Å². The van der Waals surface area contributed by atoms with Gasteiger partial charge in [-0.1, -0.05) is 18.2 Å². The van der Waals surface area contributed by atoms with Crippen LogP contribution in [0, 0.1) is 6.92 Å². The largest absolute Gasteiger partial charge is 0.502 e. The molecule has 1 aliphatic heterocycles. The molecule has 1 aliphatic rings. The molecule has 0 amide bonds. The van der Waals surface area contributed by atoms with Crippen molar-refractivity contribution in [3.8, 4) is 11.5 Å². The number of aromatic hydroxyl groups is 1. The van der Waals surface area contributed by atoms with Crippen molar-refractivity contribution >= 4 is 12.0 Å². The van der Waals surface area contributed by atoms with E-state index in [1.807, 2.05) is 30.3 Å². The van der Waals surface area contributed by atoms with Gasteiger partial charge in [-0.3, -0.25) is 9.59 Å². The van der Waals surface area contributed by atoms with Crippen LogP contribution in [0.2, 0.25) is 0 Å². The molecule has 0 saturated carbocycles. The minimum Gasteiger partial charge on any atom is -0.502 e. The van der Waals surface area contributed by atoms with Crippen LogP contribution in [0.5, 0.6) is 11.5 Å². The molecule has 25 heavy (non-hydrogen) atoms. The number of rotatable bonds is 4. The third kappa shape index (κ3) is 3.42. The molecule has 0 fully saturated rings. The molecule has 130 valence electrons. The maximum absolute atomic E-state index is 11.9. The van der Waals surface area contributed by atoms with E-state index in [9.17, 15) is 14.7 Å². The minimum absolute atomic E-state index is 0.0460. The first kappa shape index (κ1) is 16.8. The van der Waals surface area contributed by atoms with E-state index in [4.69, 9.17) is 13.9 Å². The Bertz CT molecular complexity index is 893. The summed E-state index contributed by atoms with van der Waals surface area (Å²) in [6, 6.07) is 8.68. The second kappa shape index (κ2) is 6.84. The zero-order valence-corrected chi connectivity index (χ0v) is 13.9. The van der Waals surface area contributed by atoms with Crippen molar-refractivity contribution in [3.05, 3.63) is 63.2 Å². The van der Waals surface area contributed by atoms with Gasteiger partial charge in [0.2, 0.25) is 11.2 Å². The topological polar surface area (TPSA) is 86.0 Å². The first-order valence-electron chi connectivity index (χ1n) is 7.82. The normalized spacial score (nSPS) is 14.1. The summed E-state index contributed by atoms with van der Waals surface area (Å²) in [5, 5.41) is 10.2. The van der Waals surface area contributed by atoms with Gasteiger partial charge < -0.3 is 19.0 Å². The van der Waals surface area contributed by atoms with E-state index in [0.717, 1.165) is 11.3 Å². The van der Waals surface area contributed by atoms with Crippen LogP contribution >= 0.6 is 0 Å². The van der Waals surface area contributed by atoms with Crippen LogP contribution in [0.3, 0.4) is 0 Å². The van der Waals surface area contributed by atoms with Crippen LogP contribution in [-0.4, -0.2) is 24.8 Å². The maximum Gasteiger partial charge on any atom is 0.306 e. The third-order valence-corrected chi connectivity index (χ3v) is 4.09. The molecular weight excluding hydrogens is 324 g/mol.